The van der Waals surface area contributed by atoms with Crippen LogP contribution < -0.4 is 9.83 Å². The second-order valence-corrected chi connectivity index (χ2v) is 6.28. The molecule has 0 radical (unpaired) electrons. The highest BCUT2D eigenvalue weighted by atomic mass is 35.5. The molecule has 9 heteroatoms. The molecule has 2 rings (SSSR count). The first-order valence-electron chi connectivity index (χ1n) is 5.69. The molecule has 0 aromatic heterocycles. The number of sulfonamides is 1. The number of hydrogen-bond donors (Lipinski definition) is 1. The molecule has 5 nitrogen and oxygen atoms in total. The number of carbonyl (C=O) groups is 1. The van der Waals surface area contributed by atoms with E-state index in [0.717, 1.165) is 18.2 Å². The molecule has 0 atom stereocenters. The molecular formula is C13H7ClF2NO4S-. The van der Waals surface area contributed by atoms with Gasteiger partial charge in [0.1, 0.15) is 0 Å². The van der Waals surface area contributed by atoms with Crippen molar-refractivity contribution in [3.05, 3.63) is 58.6 Å². The standard InChI is InChI=1S/C13H8ClF2NO4S/c14-7-1-3-9(13(18)19)12(5-7)17-22(20,21)8-2-4-10(15)11(16)6-8/h1-6,17H,(H,18,19)/p-1. The van der Waals surface area contributed by atoms with E-state index < -0.39 is 38.1 Å². The second-order valence-electron chi connectivity index (χ2n) is 4.16. The SMILES string of the molecule is O=C([O-])c1ccc(Cl)cc1NS(=O)(=O)c1ccc(F)c(F)c1. The van der Waals surface area contributed by atoms with Crippen LogP contribution in [0.1, 0.15) is 10.4 Å². The number of benzene rings is 2. The van der Waals surface area contributed by atoms with Crippen molar-refractivity contribution in [1.82, 2.24) is 0 Å². The van der Waals surface area contributed by atoms with Crippen LogP contribution in [0.4, 0.5) is 14.5 Å². The van der Waals surface area contributed by atoms with Crippen molar-refractivity contribution in [2.45, 2.75) is 4.90 Å². The zero-order valence-electron chi connectivity index (χ0n) is 10.6. The Morgan fingerprint density at radius 3 is 2.36 bits per heavy atom. The Kier molecular flexibility index (Phi) is 4.34. The van der Waals surface area contributed by atoms with Gasteiger partial charge in [-0.1, -0.05) is 11.6 Å². The van der Waals surface area contributed by atoms with E-state index in [1.165, 1.54) is 6.07 Å². The highest BCUT2D eigenvalue weighted by Gasteiger charge is 2.18. The van der Waals surface area contributed by atoms with Crippen LogP contribution in [0.5, 0.6) is 0 Å². The smallest absolute Gasteiger partial charge is 0.262 e. The van der Waals surface area contributed by atoms with Gasteiger partial charge in [0, 0.05) is 10.6 Å². The van der Waals surface area contributed by atoms with Crippen molar-refractivity contribution < 1.29 is 27.1 Å². The topological polar surface area (TPSA) is 86.3 Å². The van der Waals surface area contributed by atoms with Gasteiger partial charge in [0.15, 0.2) is 11.6 Å². The number of anilines is 1. The Hall–Kier alpha value is -2.19. The van der Waals surface area contributed by atoms with Gasteiger partial charge in [0.05, 0.1) is 16.6 Å². The second kappa shape index (κ2) is 5.90. The highest BCUT2D eigenvalue weighted by Crippen LogP contribution is 2.24. The van der Waals surface area contributed by atoms with E-state index in [1.807, 2.05) is 4.72 Å². The lowest BCUT2D eigenvalue weighted by molar-refractivity contribution is -0.254. The molecule has 0 saturated heterocycles. The van der Waals surface area contributed by atoms with E-state index >= 15 is 0 Å². The number of hydrogen-bond acceptors (Lipinski definition) is 4. The molecule has 0 spiro atoms. The number of carbonyl (C=O) groups excluding carboxylic acids is 1. The van der Waals surface area contributed by atoms with Crippen LogP contribution in [-0.2, 0) is 10.0 Å². The van der Waals surface area contributed by atoms with Crippen molar-refractivity contribution in [1.29, 1.82) is 0 Å². The maximum atomic E-state index is 13.1. The molecule has 2 aromatic carbocycles. The molecule has 0 saturated carbocycles. The summed E-state index contributed by atoms with van der Waals surface area (Å²) in [5, 5.41) is 11.0. The van der Waals surface area contributed by atoms with E-state index in [4.69, 9.17) is 11.6 Å². The monoisotopic (exact) mass is 346 g/mol. The third-order valence-electron chi connectivity index (χ3n) is 2.65. The summed E-state index contributed by atoms with van der Waals surface area (Å²) in [5.74, 6) is -4.19. The summed E-state index contributed by atoms with van der Waals surface area (Å²) in [5.41, 5.74) is -0.798. The first-order chi connectivity index (χ1) is 10.2. The predicted octanol–water partition coefficient (Wildman–Crippen LogP) is 1.78. The van der Waals surface area contributed by atoms with Crippen LogP contribution in [0.2, 0.25) is 5.02 Å². The molecule has 0 amide bonds. The quantitative estimate of drug-likeness (QED) is 0.914. The molecule has 2 aromatic rings. The minimum absolute atomic E-state index is 0.0768. The summed E-state index contributed by atoms with van der Waals surface area (Å²) >= 11 is 5.68. The van der Waals surface area contributed by atoms with Gasteiger partial charge in [-0.3, -0.25) is 4.72 Å². The molecule has 1 N–H and O–H groups in total. The van der Waals surface area contributed by atoms with E-state index in [2.05, 4.69) is 0 Å². The number of carboxylic acids is 1. The van der Waals surface area contributed by atoms with Crippen LogP contribution >= 0.6 is 11.6 Å². The number of nitrogens with one attached hydrogen (secondary N) is 1. The number of aromatic carboxylic acids is 1. The first kappa shape index (κ1) is 16.2. The van der Waals surface area contributed by atoms with Gasteiger partial charge in [0.25, 0.3) is 10.0 Å². The van der Waals surface area contributed by atoms with E-state index in [-0.39, 0.29) is 10.7 Å². The molecule has 0 fully saturated rings. The van der Waals surface area contributed by atoms with E-state index in [9.17, 15) is 27.1 Å². The molecule has 0 unspecified atom stereocenters. The molecule has 0 bridgehead atoms. The lowest BCUT2D eigenvalue weighted by Crippen LogP contribution is -2.25. The van der Waals surface area contributed by atoms with Crippen molar-refractivity contribution in [3.63, 3.8) is 0 Å². The summed E-state index contributed by atoms with van der Waals surface area (Å²) < 4.78 is 52.1. The summed E-state index contributed by atoms with van der Waals surface area (Å²) in [6.45, 7) is 0. The maximum Gasteiger partial charge on any atom is 0.262 e. The summed E-state index contributed by atoms with van der Waals surface area (Å²) in [7, 11) is -4.33. The third-order valence-corrected chi connectivity index (χ3v) is 4.25. The Labute approximate surface area is 129 Å². The summed E-state index contributed by atoms with van der Waals surface area (Å²) in [6.07, 6.45) is 0. The molecular weight excluding hydrogens is 340 g/mol. The van der Waals surface area contributed by atoms with Gasteiger partial charge >= 0.3 is 0 Å². The van der Waals surface area contributed by atoms with E-state index in [1.54, 1.807) is 0 Å². The van der Waals surface area contributed by atoms with Gasteiger partial charge in [-0.05, 0) is 36.4 Å². The minimum atomic E-state index is -4.33. The minimum Gasteiger partial charge on any atom is -0.545 e. The third kappa shape index (κ3) is 3.34. The van der Waals surface area contributed by atoms with Crippen LogP contribution in [0.25, 0.3) is 0 Å². The molecule has 0 aliphatic rings. The van der Waals surface area contributed by atoms with Crippen molar-refractivity contribution in [2.75, 3.05) is 4.72 Å². The average Bonchev–Trinajstić information content (AvgIpc) is 2.41. The number of carboxylic acid groups (broad SMARTS) is 1. The van der Waals surface area contributed by atoms with Crippen LogP contribution in [0.15, 0.2) is 41.3 Å². The highest BCUT2D eigenvalue weighted by molar-refractivity contribution is 7.92. The molecule has 116 valence electrons. The van der Waals surface area contributed by atoms with Gasteiger partial charge in [-0.25, -0.2) is 17.2 Å². The summed E-state index contributed by atoms with van der Waals surface area (Å²) in [4.78, 5) is 10.4. The van der Waals surface area contributed by atoms with Crippen LogP contribution in [0, 0.1) is 11.6 Å². The lowest BCUT2D eigenvalue weighted by atomic mass is 10.2. The molecule has 0 aliphatic carbocycles. The Balaban J connectivity index is 2.47. The first-order valence-corrected chi connectivity index (χ1v) is 7.55. The molecule has 22 heavy (non-hydrogen) atoms. The summed E-state index contributed by atoms with van der Waals surface area (Å²) in [6, 6.07) is 5.30. The predicted molar refractivity (Wildman–Crippen MR) is 72.9 cm³/mol. The fourth-order valence-electron chi connectivity index (χ4n) is 1.63. The normalized spacial score (nSPS) is 11.2. The van der Waals surface area contributed by atoms with Gasteiger partial charge < -0.3 is 9.90 Å². The van der Waals surface area contributed by atoms with Crippen LogP contribution in [-0.4, -0.2) is 14.4 Å². The number of rotatable bonds is 4. The Morgan fingerprint density at radius 2 is 1.77 bits per heavy atom. The largest absolute Gasteiger partial charge is 0.545 e. The number of halogens is 3. The van der Waals surface area contributed by atoms with Crippen LogP contribution in [0.3, 0.4) is 0 Å². The zero-order chi connectivity index (χ0) is 16.5. The maximum absolute atomic E-state index is 13.1. The van der Waals surface area contributed by atoms with Gasteiger partial charge in [0.2, 0.25) is 0 Å². The van der Waals surface area contributed by atoms with Gasteiger partial charge in [-0.15, -0.1) is 0 Å². The van der Waals surface area contributed by atoms with Crippen molar-refractivity contribution >= 4 is 33.3 Å². The lowest BCUT2D eigenvalue weighted by Gasteiger charge is -2.13. The van der Waals surface area contributed by atoms with E-state index in [0.29, 0.717) is 12.1 Å². The Bertz CT molecular complexity index is 855. The van der Waals surface area contributed by atoms with Crippen molar-refractivity contribution in [2.24, 2.45) is 0 Å². The average molecular weight is 347 g/mol. The Morgan fingerprint density at radius 1 is 1.09 bits per heavy atom. The van der Waals surface area contributed by atoms with Crippen molar-refractivity contribution in [3.8, 4) is 0 Å². The molecule has 0 heterocycles. The molecule has 0 aliphatic heterocycles. The fraction of sp³-hybridized carbons (Fsp3) is 0. The fourth-order valence-corrected chi connectivity index (χ4v) is 2.88. The van der Waals surface area contributed by atoms with Gasteiger partial charge in [-0.2, -0.15) is 0 Å². The zero-order valence-corrected chi connectivity index (χ0v) is 12.2.